The predicted octanol–water partition coefficient (Wildman–Crippen LogP) is 1.50. The highest BCUT2D eigenvalue weighted by atomic mass is 19.1. The van der Waals surface area contributed by atoms with Crippen molar-refractivity contribution < 1.29 is 8.78 Å². The minimum atomic E-state index is -0.476. The smallest absolute Gasteiger partial charge is 0.130 e. The summed E-state index contributed by atoms with van der Waals surface area (Å²) in [6, 6.07) is 4.09. The number of hydrogen-bond donors (Lipinski definition) is 1. The van der Waals surface area contributed by atoms with Crippen molar-refractivity contribution in [3.63, 3.8) is 0 Å². The molecule has 1 heterocycles. The van der Waals surface area contributed by atoms with Gasteiger partial charge in [-0.25, -0.2) is 8.78 Å². The van der Waals surface area contributed by atoms with Gasteiger partial charge in [0.05, 0.1) is 0 Å². The predicted molar refractivity (Wildman–Crippen MR) is 54.2 cm³/mol. The Morgan fingerprint density at radius 1 is 1.33 bits per heavy atom. The molecule has 0 amide bonds. The highest BCUT2D eigenvalue weighted by Crippen LogP contribution is 2.17. The van der Waals surface area contributed by atoms with Crippen molar-refractivity contribution in [2.75, 3.05) is 13.1 Å². The fourth-order valence-electron chi connectivity index (χ4n) is 1.91. The molecular weight excluding hydrogens is 198 g/mol. The lowest BCUT2D eigenvalue weighted by molar-refractivity contribution is 0.314. The van der Waals surface area contributed by atoms with Crippen LogP contribution in [-0.2, 0) is 6.54 Å². The average molecular weight is 212 g/mol. The topological polar surface area (TPSA) is 29.3 Å². The molecule has 1 aromatic rings. The third kappa shape index (κ3) is 2.33. The van der Waals surface area contributed by atoms with E-state index in [1.807, 2.05) is 4.90 Å². The molecule has 1 aliphatic heterocycles. The molecule has 0 aromatic heterocycles. The van der Waals surface area contributed by atoms with E-state index in [2.05, 4.69) is 0 Å². The van der Waals surface area contributed by atoms with Crippen LogP contribution in [0.4, 0.5) is 8.78 Å². The quantitative estimate of drug-likeness (QED) is 0.805. The fraction of sp³-hybridized carbons (Fsp3) is 0.455. The molecule has 0 bridgehead atoms. The van der Waals surface area contributed by atoms with Crippen molar-refractivity contribution in [2.24, 2.45) is 5.73 Å². The maximum atomic E-state index is 13.3. The molecule has 4 heteroatoms. The third-order valence-corrected chi connectivity index (χ3v) is 2.75. The Labute approximate surface area is 87.7 Å². The molecule has 2 nitrogen and oxygen atoms in total. The molecule has 1 fully saturated rings. The van der Waals surface area contributed by atoms with E-state index in [0.29, 0.717) is 13.1 Å². The Kier molecular flexibility index (Phi) is 2.98. The van der Waals surface area contributed by atoms with Crippen LogP contribution in [0.3, 0.4) is 0 Å². The summed E-state index contributed by atoms with van der Waals surface area (Å²) in [6.07, 6.45) is 0.899. The van der Waals surface area contributed by atoms with Crippen LogP contribution in [0, 0.1) is 11.6 Å². The monoisotopic (exact) mass is 212 g/mol. The molecule has 1 aromatic carbocycles. The zero-order valence-corrected chi connectivity index (χ0v) is 8.42. The van der Waals surface area contributed by atoms with Crippen LogP contribution >= 0.6 is 0 Å². The molecule has 1 saturated heterocycles. The molecule has 0 radical (unpaired) electrons. The van der Waals surface area contributed by atoms with Gasteiger partial charge >= 0.3 is 0 Å². The van der Waals surface area contributed by atoms with Gasteiger partial charge in [-0.2, -0.15) is 0 Å². The molecule has 2 rings (SSSR count). The van der Waals surface area contributed by atoms with Gasteiger partial charge in [-0.3, -0.25) is 4.90 Å². The van der Waals surface area contributed by atoms with E-state index < -0.39 is 11.6 Å². The number of nitrogens with zero attached hydrogens (tertiary/aromatic N) is 1. The van der Waals surface area contributed by atoms with Crippen molar-refractivity contribution >= 4 is 0 Å². The molecule has 0 saturated carbocycles. The van der Waals surface area contributed by atoms with Crippen molar-refractivity contribution in [3.8, 4) is 0 Å². The zero-order valence-electron chi connectivity index (χ0n) is 8.42. The van der Waals surface area contributed by atoms with Gasteiger partial charge in [0.25, 0.3) is 0 Å². The molecule has 82 valence electrons. The molecular formula is C11H14F2N2. The zero-order chi connectivity index (χ0) is 10.8. The second kappa shape index (κ2) is 4.24. The molecule has 15 heavy (non-hydrogen) atoms. The minimum Gasteiger partial charge on any atom is -0.326 e. The van der Waals surface area contributed by atoms with E-state index in [4.69, 9.17) is 5.73 Å². The van der Waals surface area contributed by atoms with Gasteiger partial charge in [-0.05, 0) is 18.6 Å². The number of likely N-dealkylation sites (tertiary alicyclic amines) is 1. The first-order valence-electron chi connectivity index (χ1n) is 5.07. The number of hydrogen-bond acceptors (Lipinski definition) is 2. The number of rotatable bonds is 2. The molecule has 1 aliphatic rings. The summed E-state index contributed by atoms with van der Waals surface area (Å²) in [5.41, 5.74) is 5.87. The van der Waals surface area contributed by atoms with Crippen molar-refractivity contribution in [3.05, 3.63) is 35.4 Å². The Hall–Kier alpha value is -1.00. The van der Waals surface area contributed by atoms with E-state index in [9.17, 15) is 8.78 Å². The minimum absolute atomic E-state index is 0.139. The molecule has 0 aliphatic carbocycles. The summed E-state index contributed by atoms with van der Waals surface area (Å²) < 4.78 is 26.6. The number of benzene rings is 1. The summed E-state index contributed by atoms with van der Waals surface area (Å²) in [5, 5.41) is 0. The Bertz CT molecular complexity index is 334. The molecule has 0 unspecified atom stereocenters. The van der Waals surface area contributed by atoms with Crippen molar-refractivity contribution in [1.29, 1.82) is 0 Å². The lowest BCUT2D eigenvalue weighted by Crippen LogP contribution is -2.26. The standard InChI is InChI=1S/C11H14F2N2/c12-10-2-1-3-11(13)9(10)7-15-5-4-8(14)6-15/h1-3,8H,4-7,14H2/t8-/m1/s1. The van der Waals surface area contributed by atoms with Gasteiger partial charge in [-0.15, -0.1) is 0 Å². The maximum absolute atomic E-state index is 13.3. The first kappa shape index (κ1) is 10.5. The van der Waals surface area contributed by atoms with Crippen LogP contribution < -0.4 is 5.73 Å². The first-order chi connectivity index (χ1) is 7.16. The lowest BCUT2D eigenvalue weighted by Gasteiger charge is -2.15. The van der Waals surface area contributed by atoms with Gasteiger partial charge in [0.2, 0.25) is 0 Å². The second-order valence-corrected chi connectivity index (χ2v) is 3.98. The van der Waals surface area contributed by atoms with Gasteiger partial charge in [0, 0.05) is 31.2 Å². The lowest BCUT2D eigenvalue weighted by atomic mass is 10.2. The second-order valence-electron chi connectivity index (χ2n) is 3.98. The summed E-state index contributed by atoms with van der Waals surface area (Å²) in [7, 11) is 0. The normalized spacial score (nSPS) is 22.2. The summed E-state index contributed by atoms with van der Waals surface area (Å²) >= 11 is 0. The van der Waals surface area contributed by atoms with E-state index >= 15 is 0 Å². The summed E-state index contributed by atoms with van der Waals surface area (Å²) in [5.74, 6) is -0.953. The molecule has 0 spiro atoms. The number of nitrogens with two attached hydrogens (primary N) is 1. The summed E-state index contributed by atoms with van der Waals surface area (Å²) in [6.45, 7) is 1.84. The van der Waals surface area contributed by atoms with E-state index in [1.54, 1.807) is 0 Å². The van der Waals surface area contributed by atoms with E-state index in [-0.39, 0.29) is 11.6 Å². The van der Waals surface area contributed by atoms with Crippen LogP contribution in [0.25, 0.3) is 0 Å². The van der Waals surface area contributed by atoms with E-state index in [1.165, 1.54) is 18.2 Å². The fourth-order valence-corrected chi connectivity index (χ4v) is 1.91. The third-order valence-electron chi connectivity index (χ3n) is 2.75. The van der Waals surface area contributed by atoms with Gasteiger partial charge in [0.1, 0.15) is 11.6 Å². The Morgan fingerprint density at radius 3 is 2.53 bits per heavy atom. The average Bonchev–Trinajstić information content (AvgIpc) is 2.58. The largest absolute Gasteiger partial charge is 0.326 e. The number of halogens is 2. The van der Waals surface area contributed by atoms with Crippen LogP contribution in [-0.4, -0.2) is 24.0 Å². The molecule has 1 atom stereocenters. The van der Waals surface area contributed by atoms with Crippen LogP contribution in [0.15, 0.2) is 18.2 Å². The Balaban J connectivity index is 2.10. The van der Waals surface area contributed by atoms with Crippen molar-refractivity contribution in [2.45, 2.75) is 19.0 Å². The van der Waals surface area contributed by atoms with Crippen LogP contribution in [0.5, 0.6) is 0 Å². The van der Waals surface area contributed by atoms with E-state index in [0.717, 1.165) is 13.0 Å². The van der Waals surface area contributed by atoms with Gasteiger partial charge in [0.15, 0.2) is 0 Å². The van der Waals surface area contributed by atoms with Gasteiger partial charge in [-0.1, -0.05) is 6.07 Å². The summed E-state index contributed by atoms with van der Waals surface area (Å²) in [4.78, 5) is 1.98. The molecule has 2 N–H and O–H groups in total. The van der Waals surface area contributed by atoms with Crippen molar-refractivity contribution in [1.82, 2.24) is 4.90 Å². The maximum Gasteiger partial charge on any atom is 0.130 e. The Morgan fingerprint density at radius 2 is 2.00 bits per heavy atom. The first-order valence-corrected chi connectivity index (χ1v) is 5.07. The van der Waals surface area contributed by atoms with Crippen LogP contribution in [0.1, 0.15) is 12.0 Å². The van der Waals surface area contributed by atoms with Gasteiger partial charge < -0.3 is 5.73 Å². The highest BCUT2D eigenvalue weighted by molar-refractivity contribution is 5.19. The highest BCUT2D eigenvalue weighted by Gasteiger charge is 2.21. The van der Waals surface area contributed by atoms with Crippen LogP contribution in [0.2, 0.25) is 0 Å². The SMILES string of the molecule is N[C@@H]1CCN(Cc2c(F)cccc2F)C1.